The quantitative estimate of drug-likeness (QED) is 0.338. The molecule has 0 aliphatic carbocycles. The molecular formula is C22H22N4O3S. The van der Waals surface area contributed by atoms with Gasteiger partial charge in [0.2, 0.25) is 5.91 Å². The maximum Gasteiger partial charge on any atom is 0.234 e. The summed E-state index contributed by atoms with van der Waals surface area (Å²) in [6.07, 6.45) is 2.37. The van der Waals surface area contributed by atoms with Gasteiger partial charge in [0.05, 0.1) is 31.0 Å². The average Bonchev–Trinajstić information content (AvgIpc) is 3.15. The molecule has 0 unspecified atom stereocenters. The molecule has 0 spiro atoms. The van der Waals surface area contributed by atoms with E-state index in [0.29, 0.717) is 16.5 Å². The first-order chi connectivity index (χ1) is 14.6. The second-order valence-corrected chi connectivity index (χ2v) is 7.59. The number of para-hydroxylation sites is 1. The molecule has 1 amide bonds. The van der Waals surface area contributed by atoms with E-state index in [0.717, 1.165) is 39.6 Å². The molecule has 0 aliphatic rings. The number of nitrogens with zero attached hydrogens (tertiary/aromatic N) is 2. The van der Waals surface area contributed by atoms with Crippen LogP contribution in [0, 0.1) is 0 Å². The summed E-state index contributed by atoms with van der Waals surface area (Å²) in [7, 11) is 3.20. The normalized spacial score (nSPS) is 11.0. The number of aromatic nitrogens is 3. The Morgan fingerprint density at radius 2 is 1.90 bits per heavy atom. The van der Waals surface area contributed by atoms with Crippen LogP contribution in [0.15, 0.2) is 47.8 Å². The SMILES string of the molecule is CCc1ccccc1NC(=O)CSc1ncnc2c1[nH]c1cc(OC)c(OC)cc12. The van der Waals surface area contributed by atoms with Crippen LogP contribution >= 0.6 is 11.8 Å². The molecule has 0 saturated carbocycles. The number of ether oxygens (including phenoxy) is 2. The van der Waals surface area contributed by atoms with E-state index in [-0.39, 0.29) is 11.7 Å². The first kappa shape index (κ1) is 20.0. The van der Waals surface area contributed by atoms with E-state index < -0.39 is 0 Å². The Labute approximate surface area is 178 Å². The van der Waals surface area contributed by atoms with Crippen molar-refractivity contribution in [3.8, 4) is 11.5 Å². The number of fused-ring (bicyclic) bond motifs is 3. The number of carbonyl (C=O) groups is 1. The van der Waals surface area contributed by atoms with Crippen LogP contribution in [0.25, 0.3) is 21.9 Å². The van der Waals surface area contributed by atoms with E-state index in [1.54, 1.807) is 14.2 Å². The van der Waals surface area contributed by atoms with Crippen molar-refractivity contribution in [1.82, 2.24) is 15.0 Å². The van der Waals surface area contributed by atoms with E-state index in [1.165, 1.54) is 18.1 Å². The highest BCUT2D eigenvalue weighted by Gasteiger charge is 2.16. The first-order valence-electron chi connectivity index (χ1n) is 9.53. The monoisotopic (exact) mass is 422 g/mol. The van der Waals surface area contributed by atoms with Crippen molar-refractivity contribution >= 4 is 45.3 Å². The summed E-state index contributed by atoms with van der Waals surface area (Å²) < 4.78 is 10.8. The summed E-state index contributed by atoms with van der Waals surface area (Å²) in [5.74, 6) is 1.43. The van der Waals surface area contributed by atoms with Crippen molar-refractivity contribution in [3.05, 3.63) is 48.3 Å². The summed E-state index contributed by atoms with van der Waals surface area (Å²) in [5.41, 5.74) is 4.39. The van der Waals surface area contributed by atoms with Crippen LogP contribution in [0.1, 0.15) is 12.5 Å². The van der Waals surface area contributed by atoms with Crippen LogP contribution in [0.2, 0.25) is 0 Å². The average molecular weight is 423 g/mol. The molecular weight excluding hydrogens is 400 g/mol. The Bertz CT molecular complexity index is 1220. The third-order valence-corrected chi connectivity index (χ3v) is 5.85. The lowest BCUT2D eigenvalue weighted by atomic mass is 10.1. The fourth-order valence-electron chi connectivity index (χ4n) is 3.38. The Kier molecular flexibility index (Phi) is 5.76. The number of hydrogen-bond donors (Lipinski definition) is 2. The first-order valence-corrected chi connectivity index (χ1v) is 10.5. The lowest BCUT2D eigenvalue weighted by Gasteiger charge is -2.09. The molecule has 0 aliphatic heterocycles. The van der Waals surface area contributed by atoms with Gasteiger partial charge in [-0.15, -0.1) is 0 Å². The van der Waals surface area contributed by atoms with Crippen LogP contribution in [0.5, 0.6) is 11.5 Å². The van der Waals surface area contributed by atoms with Crippen LogP contribution in [0.3, 0.4) is 0 Å². The summed E-state index contributed by atoms with van der Waals surface area (Å²) in [5, 5.41) is 4.62. The van der Waals surface area contributed by atoms with Crippen LogP contribution in [0.4, 0.5) is 5.69 Å². The molecule has 2 aromatic heterocycles. The van der Waals surface area contributed by atoms with Gasteiger partial charge in [-0.05, 0) is 24.1 Å². The van der Waals surface area contributed by atoms with E-state index in [1.807, 2.05) is 36.4 Å². The van der Waals surface area contributed by atoms with Crippen molar-refractivity contribution in [2.75, 3.05) is 25.3 Å². The number of thioether (sulfide) groups is 1. The topological polar surface area (TPSA) is 89.1 Å². The van der Waals surface area contributed by atoms with Gasteiger partial charge in [-0.25, -0.2) is 9.97 Å². The summed E-state index contributed by atoms with van der Waals surface area (Å²) in [6, 6.07) is 11.6. The third-order valence-electron chi connectivity index (χ3n) is 4.86. The zero-order chi connectivity index (χ0) is 21.1. The molecule has 2 N–H and O–H groups in total. The zero-order valence-electron chi connectivity index (χ0n) is 17.0. The molecule has 0 atom stereocenters. The number of aromatic amines is 1. The summed E-state index contributed by atoms with van der Waals surface area (Å²) in [4.78, 5) is 24.7. The fraction of sp³-hybridized carbons (Fsp3) is 0.227. The molecule has 0 saturated heterocycles. The number of rotatable bonds is 7. The second kappa shape index (κ2) is 8.62. The highest BCUT2D eigenvalue weighted by atomic mass is 32.2. The third kappa shape index (κ3) is 3.78. The van der Waals surface area contributed by atoms with Crippen LogP contribution < -0.4 is 14.8 Å². The second-order valence-electron chi connectivity index (χ2n) is 6.63. The van der Waals surface area contributed by atoms with Gasteiger partial charge in [0.1, 0.15) is 16.9 Å². The minimum absolute atomic E-state index is 0.0767. The minimum atomic E-state index is -0.0767. The molecule has 0 bridgehead atoms. The largest absolute Gasteiger partial charge is 0.493 e. The number of carbonyl (C=O) groups excluding carboxylic acids is 1. The Morgan fingerprint density at radius 3 is 2.67 bits per heavy atom. The molecule has 7 nitrogen and oxygen atoms in total. The van der Waals surface area contributed by atoms with Crippen molar-refractivity contribution in [2.45, 2.75) is 18.4 Å². The number of methoxy groups -OCH3 is 2. The number of hydrogen-bond acceptors (Lipinski definition) is 6. The lowest BCUT2D eigenvalue weighted by Crippen LogP contribution is -2.15. The lowest BCUT2D eigenvalue weighted by molar-refractivity contribution is -0.113. The number of aryl methyl sites for hydroxylation is 1. The maximum absolute atomic E-state index is 12.5. The molecule has 0 radical (unpaired) electrons. The van der Waals surface area contributed by atoms with E-state index in [9.17, 15) is 4.79 Å². The minimum Gasteiger partial charge on any atom is -0.493 e. The Hall–Kier alpha value is -3.26. The number of amides is 1. The summed E-state index contributed by atoms with van der Waals surface area (Å²) >= 11 is 1.37. The zero-order valence-corrected chi connectivity index (χ0v) is 17.8. The number of H-pyrrole nitrogens is 1. The van der Waals surface area contributed by atoms with Crippen molar-refractivity contribution in [1.29, 1.82) is 0 Å². The number of nitrogens with one attached hydrogen (secondary N) is 2. The maximum atomic E-state index is 12.5. The van der Waals surface area contributed by atoms with Gasteiger partial charge in [0, 0.05) is 17.1 Å². The molecule has 4 aromatic rings. The standard InChI is InChI=1S/C22H22N4O3S/c1-4-13-7-5-6-8-15(13)25-19(27)11-30-22-21-20(23-12-24-22)14-9-17(28-2)18(29-3)10-16(14)26-21/h5-10,12,26H,4,11H2,1-3H3,(H,25,27). The molecule has 30 heavy (non-hydrogen) atoms. The van der Waals surface area contributed by atoms with Gasteiger partial charge in [-0.1, -0.05) is 36.9 Å². The van der Waals surface area contributed by atoms with E-state index in [2.05, 4.69) is 27.2 Å². The highest BCUT2D eigenvalue weighted by molar-refractivity contribution is 8.00. The number of anilines is 1. The van der Waals surface area contributed by atoms with Crippen molar-refractivity contribution in [2.24, 2.45) is 0 Å². The van der Waals surface area contributed by atoms with Gasteiger partial charge in [0.15, 0.2) is 11.5 Å². The highest BCUT2D eigenvalue weighted by Crippen LogP contribution is 2.36. The number of benzene rings is 2. The van der Waals surface area contributed by atoms with E-state index in [4.69, 9.17) is 9.47 Å². The van der Waals surface area contributed by atoms with Crippen molar-refractivity contribution in [3.63, 3.8) is 0 Å². The van der Waals surface area contributed by atoms with Gasteiger partial charge in [-0.3, -0.25) is 4.79 Å². The van der Waals surface area contributed by atoms with Gasteiger partial charge in [0.25, 0.3) is 0 Å². The van der Waals surface area contributed by atoms with Gasteiger partial charge < -0.3 is 19.8 Å². The summed E-state index contributed by atoms with van der Waals surface area (Å²) in [6.45, 7) is 2.07. The fourth-order valence-corrected chi connectivity index (χ4v) is 4.13. The van der Waals surface area contributed by atoms with Crippen LogP contribution in [-0.2, 0) is 11.2 Å². The van der Waals surface area contributed by atoms with E-state index >= 15 is 0 Å². The smallest absolute Gasteiger partial charge is 0.234 e. The molecule has 2 heterocycles. The molecule has 2 aromatic carbocycles. The molecule has 154 valence electrons. The Balaban J connectivity index is 1.59. The van der Waals surface area contributed by atoms with Crippen LogP contribution in [-0.4, -0.2) is 40.8 Å². The van der Waals surface area contributed by atoms with Gasteiger partial charge in [-0.2, -0.15) is 0 Å². The predicted molar refractivity (Wildman–Crippen MR) is 120 cm³/mol. The predicted octanol–water partition coefficient (Wildman–Crippen LogP) is 4.42. The Morgan fingerprint density at radius 1 is 1.13 bits per heavy atom. The molecule has 8 heteroatoms. The molecule has 4 rings (SSSR count). The molecule has 0 fully saturated rings. The van der Waals surface area contributed by atoms with Gasteiger partial charge >= 0.3 is 0 Å². The van der Waals surface area contributed by atoms with Crippen molar-refractivity contribution < 1.29 is 14.3 Å².